The van der Waals surface area contributed by atoms with Crippen LogP contribution in [0.5, 0.6) is 0 Å². The first-order chi connectivity index (χ1) is 11.2. The largest absolute Gasteiger partial charge is 0.481 e. The molecule has 5 nitrogen and oxygen atoms in total. The minimum atomic E-state index is -0.865. The second kappa shape index (κ2) is 6.86. The Morgan fingerprint density at radius 3 is 2.13 bits per heavy atom. The highest BCUT2D eigenvalue weighted by Crippen LogP contribution is 2.28. The van der Waals surface area contributed by atoms with Gasteiger partial charge in [-0.25, -0.2) is 0 Å². The van der Waals surface area contributed by atoms with Crippen LogP contribution in [0.4, 0.5) is 5.69 Å². The Bertz CT molecular complexity index is 592. The van der Waals surface area contributed by atoms with E-state index >= 15 is 0 Å². The van der Waals surface area contributed by atoms with Gasteiger partial charge in [0, 0.05) is 31.9 Å². The molecule has 1 aromatic rings. The standard InChI is InChI=1S/C18H22N2O3/c21-17(15-8-4-5-9-16(15)18(22)23)20-12-10-19(11-13-20)14-6-2-1-3-7-14/h1-7,15-16H,8-13H2,(H,22,23)/t15-,16+/m0/s1. The minimum absolute atomic E-state index is 0.00513. The van der Waals surface area contributed by atoms with E-state index in [2.05, 4.69) is 17.0 Å². The first-order valence-electron chi connectivity index (χ1n) is 8.13. The second-order valence-corrected chi connectivity index (χ2v) is 6.14. The zero-order valence-corrected chi connectivity index (χ0v) is 13.1. The quantitative estimate of drug-likeness (QED) is 0.867. The molecule has 1 aliphatic heterocycles. The van der Waals surface area contributed by atoms with Crippen molar-refractivity contribution in [1.29, 1.82) is 0 Å². The molecule has 1 aromatic carbocycles. The Kier molecular flexibility index (Phi) is 4.65. The van der Waals surface area contributed by atoms with Crippen molar-refractivity contribution in [1.82, 2.24) is 4.90 Å². The number of carboxylic acids is 1. The highest BCUT2D eigenvalue weighted by atomic mass is 16.4. The lowest BCUT2D eigenvalue weighted by atomic mass is 9.82. The third kappa shape index (κ3) is 3.38. The predicted molar refractivity (Wildman–Crippen MR) is 88.2 cm³/mol. The van der Waals surface area contributed by atoms with Crippen LogP contribution in [-0.4, -0.2) is 48.1 Å². The Labute approximate surface area is 136 Å². The molecular weight excluding hydrogens is 292 g/mol. The molecule has 1 saturated heterocycles. The molecule has 1 N–H and O–H groups in total. The van der Waals surface area contributed by atoms with Crippen molar-refractivity contribution in [2.45, 2.75) is 12.8 Å². The Morgan fingerprint density at radius 2 is 1.52 bits per heavy atom. The zero-order chi connectivity index (χ0) is 16.2. The number of carboxylic acid groups (broad SMARTS) is 1. The highest BCUT2D eigenvalue weighted by molar-refractivity contribution is 5.85. The zero-order valence-electron chi connectivity index (χ0n) is 13.1. The molecule has 1 fully saturated rings. The molecule has 1 amide bonds. The predicted octanol–water partition coefficient (Wildman–Crippen LogP) is 2.00. The molecule has 0 saturated carbocycles. The molecule has 2 atom stereocenters. The summed E-state index contributed by atoms with van der Waals surface area (Å²) in [5, 5.41) is 9.33. The number of rotatable bonds is 3. The molecule has 23 heavy (non-hydrogen) atoms. The van der Waals surface area contributed by atoms with Gasteiger partial charge in [-0.15, -0.1) is 0 Å². The van der Waals surface area contributed by atoms with Crippen LogP contribution in [0.2, 0.25) is 0 Å². The number of nitrogens with zero attached hydrogens (tertiary/aromatic N) is 2. The molecule has 0 bridgehead atoms. The summed E-state index contributed by atoms with van der Waals surface area (Å²) in [6.07, 6.45) is 4.79. The summed E-state index contributed by atoms with van der Waals surface area (Å²) in [5.41, 5.74) is 1.17. The van der Waals surface area contributed by atoms with E-state index in [0.717, 1.165) is 13.1 Å². The monoisotopic (exact) mass is 314 g/mol. The molecule has 2 aliphatic rings. The van der Waals surface area contributed by atoms with Gasteiger partial charge in [0.1, 0.15) is 0 Å². The maximum atomic E-state index is 12.7. The van der Waals surface area contributed by atoms with E-state index in [1.807, 2.05) is 35.3 Å². The topological polar surface area (TPSA) is 60.9 Å². The third-order valence-corrected chi connectivity index (χ3v) is 4.78. The average Bonchev–Trinajstić information content (AvgIpc) is 2.62. The molecule has 1 aliphatic carbocycles. The summed E-state index contributed by atoms with van der Waals surface area (Å²) in [5.74, 6) is -1.87. The van der Waals surface area contributed by atoms with E-state index in [-0.39, 0.29) is 5.91 Å². The normalized spacial score (nSPS) is 24.5. The van der Waals surface area contributed by atoms with E-state index in [1.54, 1.807) is 0 Å². The maximum Gasteiger partial charge on any atom is 0.307 e. The summed E-state index contributed by atoms with van der Waals surface area (Å²) in [6.45, 7) is 2.88. The molecule has 0 unspecified atom stereocenters. The number of carbonyl (C=O) groups excluding carboxylic acids is 1. The Hall–Kier alpha value is -2.30. The van der Waals surface area contributed by atoms with Gasteiger partial charge in [0.2, 0.25) is 5.91 Å². The van der Waals surface area contributed by atoms with Crippen LogP contribution < -0.4 is 4.90 Å². The molecule has 5 heteroatoms. The Balaban J connectivity index is 1.62. The summed E-state index contributed by atoms with van der Waals surface area (Å²) in [4.78, 5) is 28.2. The first-order valence-corrected chi connectivity index (χ1v) is 8.13. The first kappa shape index (κ1) is 15.6. The van der Waals surface area contributed by atoms with Crippen molar-refractivity contribution in [2.75, 3.05) is 31.1 Å². The van der Waals surface area contributed by atoms with Gasteiger partial charge in [-0.05, 0) is 25.0 Å². The van der Waals surface area contributed by atoms with Gasteiger partial charge < -0.3 is 14.9 Å². The highest BCUT2D eigenvalue weighted by Gasteiger charge is 2.37. The number of carbonyl (C=O) groups is 2. The van der Waals surface area contributed by atoms with Crippen molar-refractivity contribution >= 4 is 17.6 Å². The molecule has 0 radical (unpaired) electrons. The molecule has 3 rings (SSSR count). The molecule has 122 valence electrons. The van der Waals surface area contributed by atoms with E-state index in [4.69, 9.17) is 0 Å². The fraction of sp³-hybridized carbons (Fsp3) is 0.444. The molecule has 0 aromatic heterocycles. The molecule has 0 spiro atoms. The molecular formula is C18H22N2O3. The van der Waals surface area contributed by atoms with E-state index in [9.17, 15) is 14.7 Å². The van der Waals surface area contributed by atoms with Crippen LogP contribution in [0, 0.1) is 11.8 Å². The number of piperazine rings is 1. The van der Waals surface area contributed by atoms with Gasteiger partial charge >= 0.3 is 5.97 Å². The van der Waals surface area contributed by atoms with Gasteiger partial charge in [0.25, 0.3) is 0 Å². The van der Waals surface area contributed by atoms with Crippen LogP contribution in [0.3, 0.4) is 0 Å². The number of anilines is 1. The number of para-hydroxylation sites is 1. The number of allylic oxidation sites excluding steroid dienone is 2. The van der Waals surface area contributed by atoms with Crippen molar-refractivity contribution in [3.05, 3.63) is 42.5 Å². The van der Waals surface area contributed by atoms with Gasteiger partial charge in [0.15, 0.2) is 0 Å². The van der Waals surface area contributed by atoms with E-state index in [0.29, 0.717) is 25.9 Å². The van der Waals surface area contributed by atoms with Gasteiger partial charge in [-0.1, -0.05) is 30.4 Å². The van der Waals surface area contributed by atoms with Crippen molar-refractivity contribution in [2.24, 2.45) is 11.8 Å². The lowest BCUT2D eigenvalue weighted by molar-refractivity contribution is -0.150. The lowest BCUT2D eigenvalue weighted by Crippen LogP contribution is -2.52. The number of aliphatic carboxylic acids is 1. The lowest BCUT2D eigenvalue weighted by Gasteiger charge is -2.38. The molecule has 1 heterocycles. The van der Waals surface area contributed by atoms with E-state index < -0.39 is 17.8 Å². The van der Waals surface area contributed by atoms with Gasteiger partial charge in [-0.2, -0.15) is 0 Å². The van der Waals surface area contributed by atoms with Crippen molar-refractivity contribution < 1.29 is 14.7 Å². The maximum absolute atomic E-state index is 12.7. The van der Waals surface area contributed by atoms with Crippen LogP contribution in [0.1, 0.15) is 12.8 Å². The summed E-state index contributed by atoms with van der Waals surface area (Å²) in [7, 11) is 0. The fourth-order valence-corrected chi connectivity index (χ4v) is 3.42. The number of hydrogen-bond donors (Lipinski definition) is 1. The van der Waals surface area contributed by atoms with Crippen LogP contribution in [0.25, 0.3) is 0 Å². The summed E-state index contributed by atoms with van der Waals surface area (Å²) in [6, 6.07) is 10.2. The number of benzene rings is 1. The average molecular weight is 314 g/mol. The van der Waals surface area contributed by atoms with Crippen LogP contribution in [-0.2, 0) is 9.59 Å². The number of amides is 1. The van der Waals surface area contributed by atoms with E-state index in [1.165, 1.54) is 5.69 Å². The minimum Gasteiger partial charge on any atom is -0.481 e. The number of hydrogen-bond acceptors (Lipinski definition) is 3. The van der Waals surface area contributed by atoms with Gasteiger partial charge in [-0.3, -0.25) is 9.59 Å². The third-order valence-electron chi connectivity index (χ3n) is 4.78. The van der Waals surface area contributed by atoms with Crippen molar-refractivity contribution in [3.63, 3.8) is 0 Å². The smallest absolute Gasteiger partial charge is 0.307 e. The fourth-order valence-electron chi connectivity index (χ4n) is 3.42. The van der Waals surface area contributed by atoms with Crippen LogP contribution in [0.15, 0.2) is 42.5 Å². The SMILES string of the molecule is O=C(O)[C@@H]1CC=CC[C@@H]1C(=O)N1CCN(c2ccccc2)CC1. The van der Waals surface area contributed by atoms with Crippen LogP contribution >= 0.6 is 0 Å². The Morgan fingerprint density at radius 1 is 0.913 bits per heavy atom. The second-order valence-electron chi connectivity index (χ2n) is 6.14. The summed E-state index contributed by atoms with van der Waals surface area (Å²) < 4.78 is 0. The van der Waals surface area contributed by atoms with Gasteiger partial charge in [0.05, 0.1) is 11.8 Å². The summed E-state index contributed by atoms with van der Waals surface area (Å²) >= 11 is 0. The van der Waals surface area contributed by atoms with Crippen molar-refractivity contribution in [3.8, 4) is 0 Å².